The maximum absolute atomic E-state index is 13.2. The summed E-state index contributed by atoms with van der Waals surface area (Å²) in [5.41, 5.74) is 0.917. The van der Waals surface area contributed by atoms with E-state index >= 15 is 0 Å². The van der Waals surface area contributed by atoms with Gasteiger partial charge in [-0.15, -0.1) is 0 Å². The molecule has 0 aromatic heterocycles. The summed E-state index contributed by atoms with van der Waals surface area (Å²) in [6.45, 7) is 8.34. The van der Waals surface area contributed by atoms with Gasteiger partial charge in [0, 0.05) is 5.56 Å². The first kappa shape index (κ1) is 21.2. The van der Waals surface area contributed by atoms with E-state index in [1.165, 1.54) is 0 Å². The lowest BCUT2D eigenvalue weighted by Gasteiger charge is -2.48. The molecule has 1 saturated carbocycles. The Balaban J connectivity index is 1.68. The van der Waals surface area contributed by atoms with Crippen LogP contribution in [0.5, 0.6) is 11.5 Å². The van der Waals surface area contributed by atoms with Crippen LogP contribution in [-0.2, 0) is 13.6 Å². The number of benzene rings is 2. The van der Waals surface area contributed by atoms with Crippen LogP contribution < -0.4 is 4.74 Å². The van der Waals surface area contributed by atoms with Gasteiger partial charge < -0.3 is 9.26 Å². The second kappa shape index (κ2) is 7.56. The van der Waals surface area contributed by atoms with Crippen LogP contribution in [0.15, 0.2) is 48.5 Å². The van der Waals surface area contributed by atoms with E-state index in [2.05, 4.69) is 27.7 Å². The number of fused-ring (bicyclic) bond motifs is 2. The third-order valence-corrected chi connectivity index (χ3v) is 7.00. The highest BCUT2D eigenvalue weighted by molar-refractivity contribution is 7.47. The highest BCUT2D eigenvalue weighted by Crippen LogP contribution is 2.58. The van der Waals surface area contributed by atoms with Crippen molar-refractivity contribution in [1.29, 1.82) is 0 Å². The zero-order chi connectivity index (χ0) is 21.6. The van der Waals surface area contributed by atoms with E-state index in [0.29, 0.717) is 17.1 Å². The van der Waals surface area contributed by atoms with Gasteiger partial charge in [-0.05, 0) is 47.9 Å². The van der Waals surface area contributed by atoms with Gasteiger partial charge in [-0.25, -0.2) is 4.57 Å². The van der Waals surface area contributed by atoms with Gasteiger partial charge in [0.25, 0.3) is 0 Å². The Labute approximate surface area is 178 Å². The van der Waals surface area contributed by atoms with Crippen LogP contribution in [0.3, 0.4) is 0 Å². The molecule has 6 heteroatoms. The molecule has 0 spiro atoms. The van der Waals surface area contributed by atoms with Crippen molar-refractivity contribution < 1.29 is 23.2 Å². The molecule has 30 heavy (non-hydrogen) atoms. The summed E-state index contributed by atoms with van der Waals surface area (Å²) in [6.07, 6.45) is 4.27. The van der Waals surface area contributed by atoms with Crippen LogP contribution in [-0.4, -0.2) is 11.0 Å². The molecule has 0 radical (unpaired) electrons. The van der Waals surface area contributed by atoms with Crippen LogP contribution in [0.25, 0.3) is 11.8 Å². The number of hydrogen-bond donors (Lipinski definition) is 1. The van der Waals surface area contributed by atoms with Crippen LogP contribution in [0.2, 0.25) is 0 Å². The number of phosphoric ester groups is 1. The Morgan fingerprint density at radius 1 is 0.967 bits per heavy atom. The fraction of sp³-hybridized carbons (Fsp3) is 0.417. The van der Waals surface area contributed by atoms with Gasteiger partial charge in [0.1, 0.15) is 17.3 Å². The van der Waals surface area contributed by atoms with Gasteiger partial charge in [0.15, 0.2) is 0 Å². The second-order valence-electron chi connectivity index (χ2n) is 9.52. The Kier molecular flexibility index (Phi) is 5.34. The zero-order valence-corrected chi connectivity index (χ0v) is 18.8. The third-order valence-electron chi connectivity index (χ3n) is 6.09. The Bertz CT molecular complexity index is 1010. The van der Waals surface area contributed by atoms with E-state index < -0.39 is 13.9 Å². The fourth-order valence-electron chi connectivity index (χ4n) is 4.75. The standard InChI is InChI=1S/C24H29O5P/c1-23(2)14-9-15-24(3,4)22(23)29-30(25,26)28-21-16-17-10-5-7-12-19(17)27-20-13-8-6-11-18(20)21/h5-8,10-13,16,22H,9,14-15H2,1-4H3,(H,25,26). The average molecular weight is 428 g/mol. The van der Waals surface area contributed by atoms with Crippen molar-refractivity contribution in [3.05, 3.63) is 59.7 Å². The van der Waals surface area contributed by atoms with Gasteiger partial charge in [0.05, 0.1) is 11.7 Å². The smallest absolute Gasteiger partial charge is 0.456 e. The number of rotatable bonds is 4. The van der Waals surface area contributed by atoms with Crippen molar-refractivity contribution in [2.45, 2.75) is 53.1 Å². The molecule has 1 aliphatic heterocycles. The van der Waals surface area contributed by atoms with Crippen molar-refractivity contribution in [2.75, 3.05) is 0 Å². The van der Waals surface area contributed by atoms with E-state index in [-0.39, 0.29) is 16.6 Å². The quantitative estimate of drug-likeness (QED) is 0.530. The van der Waals surface area contributed by atoms with E-state index in [1.807, 2.05) is 48.5 Å². The second-order valence-corrected chi connectivity index (χ2v) is 10.9. The summed E-state index contributed by atoms with van der Waals surface area (Å²) in [5.74, 6) is 1.48. The molecular formula is C24H29O5P. The van der Waals surface area contributed by atoms with Crippen molar-refractivity contribution in [3.8, 4) is 11.5 Å². The lowest BCUT2D eigenvalue weighted by Crippen LogP contribution is -2.46. The summed E-state index contributed by atoms with van der Waals surface area (Å²) in [7, 11) is -4.40. The monoisotopic (exact) mass is 428 g/mol. The molecule has 4 rings (SSSR count). The average Bonchev–Trinajstić information content (AvgIpc) is 2.81. The summed E-state index contributed by atoms with van der Waals surface area (Å²) in [6, 6.07) is 14.8. The molecular weight excluding hydrogens is 399 g/mol. The van der Waals surface area contributed by atoms with Crippen molar-refractivity contribution in [1.82, 2.24) is 0 Å². The first-order valence-corrected chi connectivity index (χ1v) is 11.9. The summed E-state index contributed by atoms with van der Waals surface area (Å²) < 4.78 is 30.8. The highest BCUT2D eigenvalue weighted by atomic mass is 31.2. The van der Waals surface area contributed by atoms with Gasteiger partial charge in [-0.3, -0.25) is 9.42 Å². The Hall–Kier alpha value is -2.07. The van der Waals surface area contributed by atoms with E-state index in [1.54, 1.807) is 6.08 Å². The number of para-hydroxylation sites is 2. The molecule has 160 valence electrons. The lowest BCUT2D eigenvalue weighted by atomic mass is 9.63. The lowest BCUT2D eigenvalue weighted by molar-refractivity contribution is -0.0702. The molecule has 1 atom stereocenters. The van der Waals surface area contributed by atoms with Crippen LogP contribution in [0.4, 0.5) is 0 Å². The maximum Gasteiger partial charge on any atom is 0.527 e. The number of phosphoric acid groups is 1. The normalized spacial score (nSPS) is 21.8. The first-order valence-electron chi connectivity index (χ1n) is 10.4. The van der Waals surface area contributed by atoms with Crippen molar-refractivity contribution in [3.63, 3.8) is 0 Å². The molecule has 1 N–H and O–H groups in total. The van der Waals surface area contributed by atoms with Crippen LogP contribution in [0, 0.1) is 10.8 Å². The van der Waals surface area contributed by atoms with Crippen LogP contribution in [0.1, 0.15) is 58.1 Å². The predicted molar refractivity (Wildman–Crippen MR) is 118 cm³/mol. The summed E-state index contributed by atoms with van der Waals surface area (Å²) >= 11 is 0. The number of hydrogen-bond acceptors (Lipinski definition) is 4. The summed E-state index contributed by atoms with van der Waals surface area (Å²) in [5, 5.41) is 0. The SMILES string of the molecule is CC1(C)CCCC(C)(C)C1OP(=O)(O)OC1=Cc2ccccc2Oc2ccccc21. The Morgan fingerprint density at radius 3 is 2.27 bits per heavy atom. The molecule has 0 bridgehead atoms. The largest absolute Gasteiger partial charge is 0.527 e. The molecule has 2 aliphatic rings. The van der Waals surface area contributed by atoms with E-state index in [9.17, 15) is 9.46 Å². The zero-order valence-electron chi connectivity index (χ0n) is 17.9. The molecule has 1 aliphatic carbocycles. The molecule has 5 nitrogen and oxygen atoms in total. The molecule has 1 heterocycles. The molecule has 0 amide bonds. The fourth-order valence-corrected chi connectivity index (χ4v) is 6.03. The van der Waals surface area contributed by atoms with Gasteiger partial charge >= 0.3 is 7.82 Å². The van der Waals surface area contributed by atoms with Gasteiger partial charge in [0.2, 0.25) is 0 Å². The minimum atomic E-state index is -4.40. The molecule has 1 fully saturated rings. The minimum Gasteiger partial charge on any atom is -0.456 e. The topological polar surface area (TPSA) is 65.0 Å². The van der Waals surface area contributed by atoms with Crippen molar-refractivity contribution in [2.24, 2.45) is 10.8 Å². The molecule has 0 saturated heterocycles. The Morgan fingerprint density at radius 2 is 1.57 bits per heavy atom. The van der Waals surface area contributed by atoms with Gasteiger partial charge in [-0.2, -0.15) is 0 Å². The molecule has 1 unspecified atom stereocenters. The van der Waals surface area contributed by atoms with E-state index in [4.69, 9.17) is 13.8 Å². The number of ether oxygens (including phenoxy) is 1. The maximum atomic E-state index is 13.2. The van der Waals surface area contributed by atoms with Crippen molar-refractivity contribution >= 4 is 19.7 Å². The molecule has 2 aromatic carbocycles. The third kappa shape index (κ3) is 4.20. The highest BCUT2D eigenvalue weighted by Gasteiger charge is 2.48. The first-order chi connectivity index (χ1) is 14.1. The predicted octanol–water partition coefficient (Wildman–Crippen LogP) is 7.03. The van der Waals surface area contributed by atoms with Crippen LogP contribution >= 0.6 is 7.82 Å². The van der Waals surface area contributed by atoms with E-state index in [0.717, 1.165) is 24.8 Å². The minimum absolute atomic E-state index is 0.227. The van der Waals surface area contributed by atoms with Gasteiger partial charge in [-0.1, -0.05) is 64.4 Å². The summed E-state index contributed by atoms with van der Waals surface area (Å²) in [4.78, 5) is 10.8. The molecule has 2 aromatic rings.